The van der Waals surface area contributed by atoms with E-state index in [4.69, 9.17) is 4.74 Å². The highest BCUT2D eigenvalue weighted by atomic mass is 31.1. The molecule has 1 amide bonds. The van der Waals surface area contributed by atoms with Crippen molar-refractivity contribution in [3.05, 3.63) is 83.1 Å². The van der Waals surface area contributed by atoms with Crippen molar-refractivity contribution < 1.29 is 13.9 Å². The van der Waals surface area contributed by atoms with Crippen LogP contribution in [0, 0.1) is 5.82 Å². The van der Waals surface area contributed by atoms with Gasteiger partial charge in [0.2, 0.25) is 0 Å². The molecule has 2 aliphatic heterocycles. The van der Waals surface area contributed by atoms with Gasteiger partial charge in [0.25, 0.3) is 5.91 Å². The minimum absolute atomic E-state index is 0.0468. The van der Waals surface area contributed by atoms with Crippen molar-refractivity contribution in [1.29, 1.82) is 0 Å². The number of carbonyl (C=O) groups excluding carboxylic acids is 1. The van der Waals surface area contributed by atoms with E-state index in [-0.39, 0.29) is 23.3 Å². The molecule has 0 bridgehead atoms. The zero-order valence-corrected chi connectivity index (χ0v) is 21.2. The summed E-state index contributed by atoms with van der Waals surface area (Å²) in [5.74, 6) is -0.625. The number of carbonyl (C=O) groups is 1. The number of nitrogens with zero attached hydrogens (tertiary/aromatic N) is 2. The Kier molecular flexibility index (Phi) is 8.45. The van der Waals surface area contributed by atoms with E-state index in [1.54, 1.807) is 12.1 Å². The molecule has 2 aromatic carbocycles. The number of amides is 1. The fourth-order valence-corrected chi connectivity index (χ4v) is 5.32. The minimum Gasteiger partial charge on any atom is -0.378 e. The fourth-order valence-electron chi connectivity index (χ4n) is 4.15. The van der Waals surface area contributed by atoms with Crippen LogP contribution in [-0.2, 0) is 4.74 Å². The molecule has 2 aromatic rings. The van der Waals surface area contributed by atoms with Gasteiger partial charge in [-0.15, -0.1) is 0 Å². The molecule has 6 nitrogen and oxygen atoms in total. The predicted octanol–water partition coefficient (Wildman–Crippen LogP) is 5.46. The van der Waals surface area contributed by atoms with E-state index in [0.29, 0.717) is 46.3 Å². The molecule has 0 saturated carbocycles. The second-order valence-corrected chi connectivity index (χ2v) is 10.1. The number of ether oxygens (including phenoxy) is 1. The van der Waals surface area contributed by atoms with Crippen LogP contribution in [0.5, 0.6) is 0 Å². The Morgan fingerprint density at radius 1 is 1.31 bits per heavy atom. The number of halogens is 1. The molecule has 1 fully saturated rings. The first-order valence-corrected chi connectivity index (χ1v) is 13.0. The number of hydrogen-bond acceptors (Lipinski definition) is 5. The predicted molar refractivity (Wildman–Crippen MR) is 143 cm³/mol. The molecule has 0 aromatic heterocycles. The average molecular weight is 495 g/mol. The fraction of sp³-hybridized carbons (Fsp3) is 0.333. The highest BCUT2D eigenvalue weighted by Crippen LogP contribution is 2.37. The third-order valence-electron chi connectivity index (χ3n) is 6.03. The Bertz CT molecular complexity index is 1140. The van der Waals surface area contributed by atoms with Crippen LogP contribution in [0.4, 0.5) is 15.8 Å². The lowest BCUT2D eigenvalue weighted by molar-refractivity contribution is 0.102. The van der Waals surface area contributed by atoms with Gasteiger partial charge in [-0.3, -0.25) is 15.1 Å². The molecule has 2 N–H and O–H groups in total. The van der Waals surface area contributed by atoms with Gasteiger partial charge >= 0.3 is 0 Å². The summed E-state index contributed by atoms with van der Waals surface area (Å²) in [6.07, 6.45) is 4.99. The standard InChI is InChI=1S/C27H32FN4O2P/c1-4-6-24-19(3)35-26(17-29-24)30-18(2)20-7-5-8-22(15-20)31-27(33)21-9-10-25(23(28)16-21)32-11-13-34-14-12-32/h5-10,15-18,26,30,35H,3-4,11-14H2,1-2H3,(H,31,33)/b24-6+. The maximum atomic E-state index is 14.7. The Balaban J connectivity index is 1.39. The summed E-state index contributed by atoms with van der Waals surface area (Å²) in [5, 5.41) is 7.54. The van der Waals surface area contributed by atoms with Gasteiger partial charge in [0.15, 0.2) is 0 Å². The minimum atomic E-state index is -0.403. The van der Waals surface area contributed by atoms with Gasteiger partial charge in [-0.2, -0.15) is 0 Å². The first-order valence-electron chi connectivity index (χ1n) is 11.9. The zero-order valence-electron chi connectivity index (χ0n) is 20.2. The van der Waals surface area contributed by atoms with E-state index in [1.807, 2.05) is 35.4 Å². The zero-order chi connectivity index (χ0) is 24.8. The van der Waals surface area contributed by atoms with Crippen LogP contribution in [0.15, 0.2) is 71.1 Å². The van der Waals surface area contributed by atoms with Crippen molar-refractivity contribution in [1.82, 2.24) is 5.32 Å². The normalized spacial score (nSPS) is 20.9. The number of anilines is 2. The van der Waals surface area contributed by atoms with Crippen LogP contribution < -0.4 is 15.5 Å². The number of rotatable bonds is 7. The summed E-state index contributed by atoms with van der Waals surface area (Å²) in [7, 11) is 0.529. The van der Waals surface area contributed by atoms with Gasteiger partial charge in [-0.05, 0) is 54.6 Å². The van der Waals surface area contributed by atoms with Crippen LogP contribution in [0.1, 0.15) is 42.2 Å². The van der Waals surface area contributed by atoms with Gasteiger partial charge < -0.3 is 15.0 Å². The van der Waals surface area contributed by atoms with E-state index in [2.05, 4.69) is 42.1 Å². The molecule has 8 heteroatoms. The number of nitrogens with one attached hydrogen (secondary N) is 2. The van der Waals surface area contributed by atoms with E-state index >= 15 is 0 Å². The summed E-state index contributed by atoms with van der Waals surface area (Å²) in [5.41, 5.74) is 3.46. The largest absolute Gasteiger partial charge is 0.378 e. The molecule has 3 atom stereocenters. The lowest BCUT2D eigenvalue weighted by Crippen LogP contribution is -2.36. The van der Waals surface area contributed by atoms with Gasteiger partial charge in [-0.25, -0.2) is 4.39 Å². The van der Waals surface area contributed by atoms with Crippen molar-refractivity contribution in [3.8, 4) is 0 Å². The second kappa shape index (κ2) is 11.7. The summed E-state index contributed by atoms with van der Waals surface area (Å²) >= 11 is 0. The number of morpholine rings is 1. The molecular weight excluding hydrogens is 462 g/mol. The van der Waals surface area contributed by atoms with Crippen LogP contribution in [-0.4, -0.2) is 44.2 Å². The van der Waals surface area contributed by atoms with Gasteiger partial charge in [0, 0.05) is 36.6 Å². The third-order valence-corrected chi connectivity index (χ3v) is 7.27. The Labute approximate surface area is 208 Å². The molecule has 2 aliphatic rings. The highest BCUT2D eigenvalue weighted by molar-refractivity contribution is 7.45. The molecule has 35 heavy (non-hydrogen) atoms. The Morgan fingerprint density at radius 2 is 2.11 bits per heavy atom. The van der Waals surface area contributed by atoms with E-state index in [9.17, 15) is 9.18 Å². The molecule has 184 valence electrons. The maximum absolute atomic E-state index is 14.7. The molecule has 2 heterocycles. The molecule has 3 unspecified atom stereocenters. The molecule has 0 aliphatic carbocycles. The summed E-state index contributed by atoms with van der Waals surface area (Å²) in [6.45, 7) is 10.8. The van der Waals surface area contributed by atoms with Crippen LogP contribution in [0.25, 0.3) is 0 Å². The quantitative estimate of drug-likeness (QED) is 0.502. The number of allylic oxidation sites excluding steroid dienone is 2. The lowest BCUT2D eigenvalue weighted by Gasteiger charge is -2.29. The maximum Gasteiger partial charge on any atom is 0.255 e. The van der Waals surface area contributed by atoms with Crippen molar-refractivity contribution >= 4 is 32.1 Å². The Morgan fingerprint density at radius 3 is 2.83 bits per heavy atom. The van der Waals surface area contributed by atoms with Crippen LogP contribution in [0.2, 0.25) is 0 Å². The number of hydrogen-bond donors (Lipinski definition) is 2. The summed E-state index contributed by atoms with van der Waals surface area (Å²) in [4.78, 5) is 19.3. The average Bonchev–Trinajstić information content (AvgIpc) is 2.86. The molecule has 0 radical (unpaired) electrons. The smallest absolute Gasteiger partial charge is 0.255 e. The first-order chi connectivity index (χ1) is 16.9. The third kappa shape index (κ3) is 6.43. The van der Waals surface area contributed by atoms with Crippen molar-refractivity contribution in [2.45, 2.75) is 32.1 Å². The Hall–Kier alpha value is -2.86. The first kappa shape index (κ1) is 25.2. The van der Waals surface area contributed by atoms with Crippen molar-refractivity contribution in [2.75, 3.05) is 36.5 Å². The summed E-state index contributed by atoms with van der Waals surface area (Å²) < 4.78 is 20.1. The van der Waals surface area contributed by atoms with E-state index in [0.717, 1.165) is 23.0 Å². The van der Waals surface area contributed by atoms with Gasteiger partial charge in [0.1, 0.15) is 5.82 Å². The van der Waals surface area contributed by atoms with E-state index in [1.165, 1.54) is 6.07 Å². The molecular formula is C27H32FN4O2P. The molecule has 4 rings (SSSR count). The SMILES string of the molecule is C=C1PC(NC(C)c2cccc(NC(=O)c3ccc(N4CCOCC4)c(F)c3)c2)C=N/C1=C/CC. The van der Waals surface area contributed by atoms with Crippen molar-refractivity contribution in [2.24, 2.45) is 4.99 Å². The molecule has 0 spiro atoms. The highest BCUT2D eigenvalue weighted by Gasteiger charge is 2.19. The number of benzene rings is 2. The van der Waals surface area contributed by atoms with Crippen LogP contribution >= 0.6 is 8.58 Å². The lowest BCUT2D eigenvalue weighted by atomic mass is 10.1. The van der Waals surface area contributed by atoms with E-state index < -0.39 is 5.82 Å². The summed E-state index contributed by atoms with van der Waals surface area (Å²) in [6, 6.07) is 12.4. The molecule has 1 saturated heterocycles. The number of aliphatic imine (C=N–C) groups is 1. The second-order valence-electron chi connectivity index (χ2n) is 8.61. The van der Waals surface area contributed by atoms with Gasteiger partial charge in [0.05, 0.1) is 30.4 Å². The topological polar surface area (TPSA) is 66.0 Å². The monoisotopic (exact) mass is 494 g/mol. The van der Waals surface area contributed by atoms with Crippen LogP contribution in [0.3, 0.4) is 0 Å². The van der Waals surface area contributed by atoms with Crippen molar-refractivity contribution in [3.63, 3.8) is 0 Å². The van der Waals surface area contributed by atoms with Gasteiger partial charge in [-0.1, -0.05) is 40.3 Å².